The molecule has 1 aliphatic rings. The number of halogens is 2. The lowest BCUT2D eigenvalue weighted by Crippen LogP contribution is -2.52. The minimum Gasteiger partial charge on any atom is -0.469 e. The number of unbranched alkanes of at least 4 members (excludes halogenated alkanes) is 1. The number of para-hydroxylation sites is 1. The van der Waals surface area contributed by atoms with Crippen LogP contribution >= 0.6 is 24.0 Å². The lowest BCUT2D eigenvalue weighted by atomic mass is 10.2. The predicted octanol–water partition coefficient (Wildman–Crippen LogP) is 2.87. The van der Waals surface area contributed by atoms with Gasteiger partial charge in [0, 0.05) is 45.7 Å². The number of rotatable bonds is 7. The molecule has 1 aromatic rings. The fraction of sp³-hybridized carbons (Fsp3) is 0.579. The molecule has 8 heteroatoms. The van der Waals surface area contributed by atoms with Crippen molar-refractivity contribution < 1.29 is 13.9 Å². The second-order valence-corrected chi connectivity index (χ2v) is 6.19. The summed E-state index contributed by atoms with van der Waals surface area (Å²) in [5.74, 6) is 0.538. The highest BCUT2D eigenvalue weighted by atomic mass is 127. The molecule has 0 unspecified atom stereocenters. The molecule has 1 N–H and O–H groups in total. The number of carbonyl (C=O) groups excluding carboxylic acids is 1. The van der Waals surface area contributed by atoms with Gasteiger partial charge in [-0.3, -0.25) is 9.79 Å². The second-order valence-electron chi connectivity index (χ2n) is 6.19. The van der Waals surface area contributed by atoms with Crippen molar-refractivity contribution in [2.75, 3.05) is 51.3 Å². The Hall–Kier alpha value is -1.58. The number of benzene rings is 1. The van der Waals surface area contributed by atoms with Gasteiger partial charge in [-0.25, -0.2) is 4.39 Å². The molecule has 0 aliphatic carbocycles. The van der Waals surface area contributed by atoms with Crippen molar-refractivity contribution >= 4 is 41.6 Å². The molecule has 0 aromatic heterocycles. The van der Waals surface area contributed by atoms with Crippen LogP contribution < -0.4 is 10.2 Å². The van der Waals surface area contributed by atoms with Gasteiger partial charge in [-0.1, -0.05) is 12.1 Å². The highest BCUT2D eigenvalue weighted by Crippen LogP contribution is 2.20. The van der Waals surface area contributed by atoms with Gasteiger partial charge in [0.25, 0.3) is 0 Å². The van der Waals surface area contributed by atoms with Gasteiger partial charge in [-0.2, -0.15) is 0 Å². The van der Waals surface area contributed by atoms with Crippen LogP contribution in [0.25, 0.3) is 0 Å². The monoisotopic (exact) mass is 492 g/mol. The fourth-order valence-electron chi connectivity index (χ4n) is 2.96. The van der Waals surface area contributed by atoms with Crippen molar-refractivity contribution in [3.8, 4) is 0 Å². The zero-order valence-electron chi connectivity index (χ0n) is 16.1. The lowest BCUT2D eigenvalue weighted by Gasteiger charge is -2.37. The summed E-state index contributed by atoms with van der Waals surface area (Å²) in [6, 6.07) is 6.91. The summed E-state index contributed by atoms with van der Waals surface area (Å²) >= 11 is 0. The van der Waals surface area contributed by atoms with Gasteiger partial charge < -0.3 is 19.9 Å². The second kappa shape index (κ2) is 12.7. The van der Waals surface area contributed by atoms with E-state index in [1.807, 2.05) is 19.1 Å². The summed E-state index contributed by atoms with van der Waals surface area (Å²) in [6.45, 7) is 6.62. The van der Waals surface area contributed by atoms with Gasteiger partial charge in [0.05, 0.1) is 12.8 Å². The Morgan fingerprint density at radius 1 is 1.22 bits per heavy atom. The standard InChI is InChI=1S/C19H29FN4O2.HI/c1-3-21-19(22-11-7-6-10-18(25)26-2)24-14-12-23(13-15-24)17-9-5-4-8-16(17)20;/h4-5,8-9H,3,6-7,10-15H2,1-2H3,(H,21,22);1H. The molecule has 1 aliphatic heterocycles. The van der Waals surface area contributed by atoms with Crippen LogP contribution in [0, 0.1) is 5.82 Å². The number of hydrogen-bond donors (Lipinski definition) is 1. The van der Waals surface area contributed by atoms with Gasteiger partial charge in [0.15, 0.2) is 5.96 Å². The van der Waals surface area contributed by atoms with Crippen LogP contribution in [0.2, 0.25) is 0 Å². The van der Waals surface area contributed by atoms with E-state index >= 15 is 0 Å². The number of ether oxygens (including phenoxy) is 1. The van der Waals surface area contributed by atoms with Crippen LogP contribution in [-0.4, -0.2) is 63.2 Å². The first kappa shape index (κ1) is 23.5. The summed E-state index contributed by atoms with van der Waals surface area (Å²) in [7, 11) is 1.41. The average molecular weight is 492 g/mol. The average Bonchev–Trinajstić information content (AvgIpc) is 2.67. The number of aliphatic imine (C=N–C) groups is 1. The molecule has 1 heterocycles. The summed E-state index contributed by atoms with van der Waals surface area (Å²) < 4.78 is 18.6. The fourth-order valence-corrected chi connectivity index (χ4v) is 2.96. The molecule has 0 spiro atoms. The molecule has 0 bridgehead atoms. The van der Waals surface area contributed by atoms with E-state index in [9.17, 15) is 9.18 Å². The molecule has 1 aromatic carbocycles. The van der Waals surface area contributed by atoms with Gasteiger partial charge in [-0.05, 0) is 31.9 Å². The molecular weight excluding hydrogens is 462 g/mol. The number of nitrogens with one attached hydrogen (secondary N) is 1. The summed E-state index contributed by atoms with van der Waals surface area (Å²) in [6.07, 6.45) is 2.06. The number of nitrogens with zero attached hydrogens (tertiary/aromatic N) is 3. The Kier molecular flexibility index (Phi) is 11.1. The quantitative estimate of drug-likeness (QED) is 0.209. The minimum absolute atomic E-state index is 0. The zero-order chi connectivity index (χ0) is 18.8. The van der Waals surface area contributed by atoms with Gasteiger partial charge in [0.2, 0.25) is 0 Å². The molecule has 6 nitrogen and oxygen atoms in total. The summed E-state index contributed by atoms with van der Waals surface area (Å²) in [4.78, 5) is 20.1. The SMILES string of the molecule is CCNC(=NCCCCC(=O)OC)N1CCN(c2ccccc2F)CC1.I. The van der Waals surface area contributed by atoms with Crippen molar-refractivity contribution in [2.24, 2.45) is 4.99 Å². The molecule has 0 radical (unpaired) electrons. The number of guanidine groups is 1. The number of esters is 1. The third-order valence-electron chi connectivity index (χ3n) is 4.39. The smallest absolute Gasteiger partial charge is 0.305 e. The van der Waals surface area contributed by atoms with Crippen LogP contribution in [0.4, 0.5) is 10.1 Å². The van der Waals surface area contributed by atoms with E-state index in [-0.39, 0.29) is 35.8 Å². The van der Waals surface area contributed by atoms with Crippen molar-refractivity contribution in [1.29, 1.82) is 0 Å². The first-order chi connectivity index (χ1) is 12.7. The molecule has 152 valence electrons. The maximum absolute atomic E-state index is 13.9. The van der Waals surface area contributed by atoms with Crippen molar-refractivity contribution in [3.05, 3.63) is 30.1 Å². The topological polar surface area (TPSA) is 57.2 Å². The maximum Gasteiger partial charge on any atom is 0.305 e. The van der Waals surface area contributed by atoms with Gasteiger partial charge in [-0.15, -0.1) is 24.0 Å². The van der Waals surface area contributed by atoms with E-state index in [0.29, 0.717) is 18.7 Å². The van der Waals surface area contributed by atoms with Crippen molar-refractivity contribution in [3.63, 3.8) is 0 Å². The molecular formula is C19H30FIN4O2. The molecule has 0 amide bonds. The Bertz CT molecular complexity index is 607. The molecule has 1 saturated heterocycles. The van der Waals surface area contributed by atoms with Crippen molar-refractivity contribution in [1.82, 2.24) is 10.2 Å². The Balaban J connectivity index is 0.00000364. The van der Waals surface area contributed by atoms with Crippen LogP contribution in [0.15, 0.2) is 29.3 Å². The third-order valence-corrected chi connectivity index (χ3v) is 4.39. The number of hydrogen-bond acceptors (Lipinski definition) is 4. The number of carbonyl (C=O) groups is 1. The Labute approximate surface area is 178 Å². The first-order valence-corrected chi connectivity index (χ1v) is 9.25. The molecule has 0 saturated carbocycles. The van der Waals surface area contributed by atoms with Gasteiger partial charge in [0.1, 0.15) is 5.82 Å². The zero-order valence-corrected chi connectivity index (χ0v) is 18.4. The summed E-state index contributed by atoms with van der Waals surface area (Å²) in [5, 5.41) is 3.32. The highest BCUT2D eigenvalue weighted by molar-refractivity contribution is 14.0. The Morgan fingerprint density at radius 2 is 1.93 bits per heavy atom. The normalized spacial score (nSPS) is 14.6. The van der Waals surface area contributed by atoms with Crippen LogP contribution in [0.3, 0.4) is 0 Å². The van der Waals surface area contributed by atoms with E-state index in [2.05, 4.69) is 24.8 Å². The first-order valence-electron chi connectivity index (χ1n) is 9.25. The number of piperazine rings is 1. The highest BCUT2D eigenvalue weighted by Gasteiger charge is 2.21. The molecule has 27 heavy (non-hydrogen) atoms. The number of anilines is 1. The van der Waals surface area contributed by atoms with Gasteiger partial charge >= 0.3 is 5.97 Å². The Morgan fingerprint density at radius 3 is 2.56 bits per heavy atom. The molecule has 0 atom stereocenters. The minimum atomic E-state index is -0.176. The van der Waals surface area contributed by atoms with E-state index in [4.69, 9.17) is 0 Å². The third kappa shape index (κ3) is 7.51. The lowest BCUT2D eigenvalue weighted by molar-refractivity contribution is -0.140. The van der Waals surface area contributed by atoms with E-state index in [1.165, 1.54) is 13.2 Å². The predicted molar refractivity (Wildman–Crippen MR) is 117 cm³/mol. The molecule has 2 rings (SSSR count). The van der Waals surface area contributed by atoms with Crippen LogP contribution in [0.5, 0.6) is 0 Å². The van der Waals surface area contributed by atoms with E-state index in [1.54, 1.807) is 6.07 Å². The van der Waals surface area contributed by atoms with E-state index < -0.39 is 0 Å². The van der Waals surface area contributed by atoms with Crippen LogP contribution in [0.1, 0.15) is 26.2 Å². The maximum atomic E-state index is 13.9. The van der Waals surface area contributed by atoms with Crippen LogP contribution in [-0.2, 0) is 9.53 Å². The molecule has 1 fully saturated rings. The number of methoxy groups -OCH3 is 1. The largest absolute Gasteiger partial charge is 0.469 e. The van der Waals surface area contributed by atoms with E-state index in [0.717, 1.165) is 51.5 Å². The van der Waals surface area contributed by atoms with Crippen molar-refractivity contribution in [2.45, 2.75) is 26.2 Å². The summed E-state index contributed by atoms with van der Waals surface area (Å²) in [5.41, 5.74) is 0.664.